The van der Waals surface area contributed by atoms with Crippen LogP contribution in [0.3, 0.4) is 0 Å². The van der Waals surface area contributed by atoms with Gasteiger partial charge in [-0.1, -0.05) is 6.92 Å². The molecule has 6 nitrogen and oxygen atoms in total. The highest BCUT2D eigenvalue weighted by Gasteiger charge is 2.25. The normalized spacial score (nSPS) is 25.4. The fourth-order valence-electron chi connectivity index (χ4n) is 2.28. The summed E-state index contributed by atoms with van der Waals surface area (Å²) in [7, 11) is 0. The number of anilines is 1. The summed E-state index contributed by atoms with van der Waals surface area (Å²) < 4.78 is 0. The summed E-state index contributed by atoms with van der Waals surface area (Å²) in [4.78, 5) is 17.9. The lowest BCUT2D eigenvalue weighted by atomic mass is 9.94. The molecule has 17 heavy (non-hydrogen) atoms. The van der Waals surface area contributed by atoms with Crippen molar-refractivity contribution in [3.8, 4) is 0 Å². The lowest BCUT2D eigenvalue weighted by molar-refractivity contribution is 0.378. The van der Waals surface area contributed by atoms with Crippen LogP contribution in [0, 0.1) is 5.92 Å². The predicted octanol–water partition coefficient (Wildman–Crippen LogP) is 0.526. The zero-order chi connectivity index (χ0) is 11.8. The molecule has 0 amide bonds. The lowest BCUT2D eigenvalue weighted by Crippen LogP contribution is -2.48. The molecule has 1 aliphatic heterocycles. The monoisotopic (exact) mass is 232 g/mol. The van der Waals surface area contributed by atoms with E-state index in [2.05, 4.69) is 31.8 Å². The maximum atomic E-state index is 6.11. The third-order valence-electron chi connectivity index (χ3n) is 3.52. The van der Waals surface area contributed by atoms with Crippen LogP contribution in [0.2, 0.25) is 0 Å². The Morgan fingerprint density at radius 1 is 1.41 bits per heavy atom. The van der Waals surface area contributed by atoms with Crippen LogP contribution in [-0.2, 0) is 0 Å². The Labute approximate surface area is 99.3 Å². The minimum Gasteiger partial charge on any atom is -0.353 e. The number of aromatic nitrogens is 4. The zero-order valence-electron chi connectivity index (χ0n) is 9.80. The molecule has 1 saturated heterocycles. The van der Waals surface area contributed by atoms with Crippen LogP contribution in [0.15, 0.2) is 12.7 Å². The third-order valence-corrected chi connectivity index (χ3v) is 3.52. The van der Waals surface area contributed by atoms with E-state index < -0.39 is 0 Å². The molecule has 90 valence electrons. The molecule has 2 unspecified atom stereocenters. The second-order valence-electron chi connectivity index (χ2n) is 4.67. The van der Waals surface area contributed by atoms with Gasteiger partial charge in [0.25, 0.3) is 0 Å². The Morgan fingerprint density at radius 3 is 3.12 bits per heavy atom. The number of hydrogen-bond acceptors (Lipinski definition) is 5. The molecule has 3 N–H and O–H groups in total. The number of fused-ring (bicyclic) bond motifs is 1. The number of H-pyrrole nitrogens is 1. The second-order valence-corrected chi connectivity index (χ2v) is 4.67. The molecule has 1 fully saturated rings. The third kappa shape index (κ3) is 1.74. The molecule has 0 radical (unpaired) electrons. The summed E-state index contributed by atoms with van der Waals surface area (Å²) in [6.07, 6.45) is 4.30. The van der Waals surface area contributed by atoms with Crippen molar-refractivity contribution >= 4 is 17.0 Å². The minimum absolute atomic E-state index is 0.205. The Bertz CT molecular complexity index is 521. The zero-order valence-corrected chi connectivity index (χ0v) is 9.80. The van der Waals surface area contributed by atoms with E-state index >= 15 is 0 Å². The fraction of sp³-hybridized carbons (Fsp3) is 0.545. The molecular weight excluding hydrogens is 216 g/mol. The van der Waals surface area contributed by atoms with Gasteiger partial charge in [-0.05, 0) is 12.3 Å². The van der Waals surface area contributed by atoms with Gasteiger partial charge in [-0.2, -0.15) is 0 Å². The fourth-order valence-corrected chi connectivity index (χ4v) is 2.28. The molecule has 1 aliphatic rings. The van der Waals surface area contributed by atoms with E-state index in [1.165, 1.54) is 0 Å². The summed E-state index contributed by atoms with van der Waals surface area (Å²) in [5, 5.41) is 0. The molecule has 6 heteroatoms. The van der Waals surface area contributed by atoms with Gasteiger partial charge in [0.2, 0.25) is 0 Å². The van der Waals surface area contributed by atoms with Crippen LogP contribution in [0.1, 0.15) is 13.3 Å². The van der Waals surface area contributed by atoms with Gasteiger partial charge in [-0.15, -0.1) is 0 Å². The topological polar surface area (TPSA) is 83.7 Å². The molecule has 0 bridgehead atoms. The molecule has 3 heterocycles. The van der Waals surface area contributed by atoms with Crippen LogP contribution in [-0.4, -0.2) is 39.1 Å². The number of imidazole rings is 1. The lowest BCUT2D eigenvalue weighted by Gasteiger charge is -2.35. The number of nitrogens with two attached hydrogens (primary N) is 1. The molecule has 0 saturated carbocycles. The SMILES string of the molecule is CC1CCN(c2ncnc3nc[nH]c23)CC1N. The largest absolute Gasteiger partial charge is 0.353 e. The van der Waals surface area contributed by atoms with E-state index in [9.17, 15) is 0 Å². The number of nitrogens with zero attached hydrogens (tertiary/aromatic N) is 4. The average Bonchev–Trinajstić information content (AvgIpc) is 2.80. The van der Waals surface area contributed by atoms with Gasteiger partial charge in [-0.3, -0.25) is 0 Å². The van der Waals surface area contributed by atoms with Crippen LogP contribution in [0.25, 0.3) is 11.2 Å². The summed E-state index contributed by atoms with van der Waals surface area (Å²) in [6, 6.07) is 0.205. The molecule has 0 aromatic carbocycles. The van der Waals surface area contributed by atoms with Crippen molar-refractivity contribution in [1.29, 1.82) is 0 Å². The highest BCUT2D eigenvalue weighted by molar-refractivity contribution is 5.82. The van der Waals surface area contributed by atoms with Gasteiger partial charge in [0, 0.05) is 19.1 Å². The second kappa shape index (κ2) is 3.96. The maximum absolute atomic E-state index is 6.11. The molecule has 0 spiro atoms. The molecule has 0 aliphatic carbocycles. The number of rotatable bonds is 1. The summed E-state index contributed by atoms with van der Waals surface area (Å²) in [6.45, 7) is 4.03. The maximum Gasteiger partial charge on any atom is 0.182 e. The average molecular weight is 232 g/mol. The Morgan fingerprint density at radius 2 is 2.29 bits per heavy atom. The van der Waals surface area contributed by atoms with Crippen molar-refractivity contribution in [2.45, 2.75) is 19.4 Å². The Hall–Kier alpha value is -1.69. The number of hydrogen-bond donors (Lipinski definition) is 2. The quantitative estimate of drug-likeness (QED) is 0.749. The standard InChI is InChI=1S/C11H16N6/c1-7-2-3-17(4-8(7)12)11-9-10(14-5-13-9)15-6-16-11/h5-8H,2-4,12H2,1H3,(H,13,14,15,16). The highest BCUT2D eigenvalue weighted by Crippen LogP contribution is 2.24. The smallest absolute Gasteiger partial charge is 0.182 e. The molecule has 2 atom stereocenters. The summed E-state index contributed by atoms with van der Waals surface area (Å²) in [5.74, 6) is 1.49. The first-order valence-electron chi connectivity index (χ1n) is 5.90. The molecule has 3 rings (SSSR count). The van der Waals surface area contributed by atoms with E-state index in [1.54, 1.807) is 12.7 Å². The van der Waals surface area contributed by atoms with Crippen molar-refractivity contribution in [2.24, 2.45) is 11.7 Å². The van der Waals surface area contributed by atoms with E-state index in [0.717, 1.165) is 30.8 Å². The van der Waals surface area contributed by atoms with Gasteiger partial charge in [0.1, 0.15) is 11.8 Å². The summed E-state index contributed by atoms with van der Waals surface area (Å²) in [5.41, 5.74) is 7.72. The molecule has 2 aromatic heterocycles. The van der Waals surface area contributed by atoms with Crippen molar-refractivity contribution in [2.75, 3.05) is 18.0 Å². The van der Waals surface area contributed by atoms with E-state index in [4.69, 9.17) is 5.73 Å². The van der Waals surface area contributed by atoms with Gasteiger partial charge in [0.15, 0.2) is 11.5 Å². The van der Waals surface area contributed by atoms with Crippen molar-refractivity contribution < 1.29 is 0 Å². The van der Waals surface area contributed by atoms with E-state index in [0.29, 0.717) is 11.6 Å². The molecule has 2 aromatic rings. The van der Waals surface area contributed by atoms with Gasteiger partial charge in [-0.25, -0.2) is 15.0 Å². The van der Waals surface area contributed by atoms with Crippen LogP contribution in [0.5, 0.6) is 0 Å². The van der Waals surface area contributed by atoms with Gasteiger partial charge >= 0.3 is 0 Å². The van der Waals surface area contributed by atoms with Gasteiger partial charge < -0.3 is 15.6 Å². The number of nitrogens with one attached hydrogen (secondary N) is 1. The van der Waals surface area contributed by atoms with Crippen molar-refractivity contribution in [3.05, 3.63) is 12.7 Å². The first kappa shape index (κ1) is 10.5. The minimum atomic E-state index is 0.205. The number of piperidine rings is 1. The predicted molar refractivity (Wildman–Crippen MR) is 65.7 cm³/mol. The first-order chi connectivity index (χ1) is 8.25. The molecular formula is C11H16N6. The first-order valence-corrected chi connectivity index (χ1v) is 5.90. The summed E-state index contributed by atoms with van der Waals surface area (Å²) >= 11 is 0. The Kier molecular flexibility index (Phi) is 2.44. The van der Waals surface area contributed by atoms with E-state index in [-0.39, 0.29) is 6.04 Å². The van der Waals surface area contributed by atoms with Crippen molar-refractivity contribution in [1.82, 2.24) is 19.9 Å². The van der Waals surface area contributed by atoms with Crippen LogP contribution in [0.4, 0.5) is 5.82 Å². The van der Waals surface area contributed by atoms with Crippen LogP contribution < -0.4 is 10.6 Å². The van der Waals surface area contributed by atoms with Crippen LogP contribution >= 0.6 is 0 Å². The number of aromatic amines is 1. The van der Waals surface area contributed by atoms with Crippen molar-refractivity contribution in [3.63, 3.8) is 0 Å². The Balaban J connectivity index is 1.96. The van der Waals surface area contributed by atoms with Gasteiger partial charge in [0.05, 0.1) is 6.33 Å². The van der Waals surface area contributed by atoms with E-state index in [1.807, 2.05) is 0 Å². The highest BCUT2D eigenvalue weighted by atomic mass is 15.2.